The molecule has 2 aromatic heterocycles. The highest BCUT2D eigenvalue weighted by atomic mass is 16.5. The van der Waals surface area contributed by atoms with E-state index in [-0.39, 0.29) is 6.04 Å². The van der Waals surface area contributed by atoms with Crippen molar-refractivity contribution in [3.63, 3.8) is 0 Å². The minimum Gasteiger partial charge on any atom is -0.477 e. The molecule has 0 aliphatic carbocycles. The van der Waals surface area contributed by atoms with Gasteiger partial charge in [-0.05, 0) is 61.9 Å². The third-order valence-corrected chi connectivity index (χ3v) is 6.65. The van der Waals surface area contributed by atoms with Crippen LogP contribution in [0.2, 0.25) is 0 Å². The van der Waals surface area contributed by atoms with E-state index in [2.05, 4.69) is 57.2 Å². The van der Waals surface area contributed by atoms with Gasteiger partial charge in [-0.15, -0.1) is 0 Å². The van der Waals surface area contributed by atoms with Gasteiger partial charge < -0.3 is 20.4 Å². The maximum absolute atomic E-state index is 12.1. The van der Waals surface area contributed by atoms with Crippen molar-refractivity contribution in [2.75, 3.05) is 5.32 Å². The fraction of sp³-hybridized carbons (Fsp3) is 0.321. The van der Waals surface area contributed by atoms with E-state index in [0.29, 0.717) is 24.4 Å². The van der Waals surface area contributed by atoms with E-state index in [1.807, 2.05) is 58.2 Å². The number of rotatable bonds is 9. The molecule has 0 saturated carbocycles. The molecule has 1 atom stereocenters. The molecule has 7 nitrogen and oxygen atoms in total. The summed E-state index contributed by atoms with van der Waals surface area (Å²) in [5.74, 6) is 1.61. The molecule has 0 aliphatic heterocycles. The first-order valence-corrected chi connectivity index (χ1v) is 12.0. The highest BCUT2D eigenvalue weighted by molar-refractivity contribution is 5.85. The van der Waals surface area contributed by atoms with Crippen LogP contribution >= 0.6 is 0 Å². The fourth-order valence-corrected chi connectivity index (χ4v) is 4.38. The Balaban J connectivity index is 1.58. The molecular formula is C28H33N5O2. The zero-order valence-corrected chi connectivity index (χ0v) is 21.0. The summed E-state index contributed by atoms with van der Waals surface area (Å²) in [7, 11) is 2.04. The summed E-state index contributed by atoms with van der Waals surface area (Å²) in [6, 6.07) is 18.1. The number of hydrogen-bond acceptors (Lipinski definition) is 5. The number of carbonyl (C=O) groups is 1. The Morgan fingerprint density at radius 1 is 1.11 bits per heavy atom. The molecule has 0 fully saturated rings. The van der Waals surface area contributed by atoms with Crippen LogP contribution in [0.3, 0.4) is 0 Å². The highest BCUT2D eigenvalue weighted by Gasteiger charge is 2.35. The number of anilines is 1. The molecule has 0 saturated heterocycles. The zero-order valence-electron chi connectivity index (χ0n) is 21.0. The number of nitrogens with one attached hydrogen (secondary N) is 1. The Morgan fingerprint density at radius 2 is 1.89 bits per heavy atom. The minimum absolute atomic E-state index is 0.0534. The number of benzene rings is 2. The van der Waals surface area contributed by atoms with Gasteiger partial charge in [-0.1, -0.05) is 38.1 Å². The van der Waals surface area contributed by atoms with Crippen molar-refractivity contribution in [2.24, 2.45) is 12.8 Å². The van der Waals surface area contributed by atoms with Crippen molar-refractivity contribution in [2.45, 2.75) is 52.2 Å². The van der Waals surface area contributed by atoms with Crippen LogP contribution in [0.5, 0.6) is 5.75 Å². The smallest absolute Gasteiger partial charge is 0.261 e. The van der Waals surface area contributed by atoms with Crippen molar-refractivity contribution in [1.82, 2.24) is 14.5 Å². The number of nitrogens with zero attached hydrogens (tertiary/aromatic N) is 3. The predicted molar refractivity (Wildman–Crippen MR) is 140 cm³/mol. The molecular weight excluding hydrogens is 438 g/mol. The predicted octanol–water partition coefficient (Wildman–Crippen LogP) is 5.54. The Kier molecular flexibility index (Phi) is 6.78. The normalized spacial score (nSPS) is 12.5. The molecule has 0 bridgehead atoms. The van der Waals surface area contributed by atoms with Crippen LogP contribution in [0.15, 0.2) is 60.8 Å². The van der Waals surface area contributed by atoms with Gasteiger partial charge in [0.25, 0.3) is 5.91 Å². The first-order valence-electron chi connectivity index (χ1n) is 12.0. The van der Waals surface area contributed by atoms with Crippen molar-refractivity contribution >= 4 is 22.6 Å². The molecule has 4 aromatic rings. The lowest BCUT2D eigenvalue weighted by Crippen LogP contribution is -2.48. The van der Waals surface area contributed by atoms with Gasteiger partial charge in [0.2, 0.25) is 0 Å². The van der Waals surface area contributed by atoms with Crippen LogP contribution in [0.25, 0.3) is 22.2 Å². The lowest BCUT2D eigenvalue weighted by molar-refractivity contribution is -0.134. The SMILES string of the molecule is CCC(CC)(Oc1cccc(C(C)Nc2cc(-c3ccc4ccn(C)c4c3)nc(C)n2)c1)C(N)=O. The molecule has 4 rings (SSSR count). The molecule has 2 heterocycles. The van der Waals surface area contributed by atoms with Crippen LogP contribution < -0.4 is 15.8 Å². The molecule has 35 heavy (non-hydrogen) atoms. The molecule has 0 aliphatic rings. The monoisotopic (exact) mass is 471 g/mol. The lowest BCUT2D eigenvalue weighted by atomic mass is 9.96. The van der Waals surface area contributed by atoms with Crippen molar-refractivity contribution in [3.8, 4) is 17.0 Å². The van der Waals surface area contributed by atoms with Gasteiger partial charge >= 0.3 is 0 Å². The fourth-order valence-electron chi connectivity index (χ4n) is 4.38. The maximum atomic E-state index is 12.1. The lowest BCUT2D eigenvalue weighted by Gasteiger charge is -2.29. The Hall–Kier alpha value is -3.87. The van der Waals surface area contributed by atoms with Gasteiger partial charge in [-0.25, -0.2) is 9.97 Å². The first-order chi connectivity index (χ1) is 16.7. The minimum atomic E-state index is -1.01. The third kappa shape index (κ3) is 4.99. The summed E-state index contributed by atoms with van der Waals surface area (Å²) >= 11 is 0. The Morgan fingerprint density at radius 3 is 2.60 bits per heavy atom. The second-order valence-corrected chi connectivity index (χ2v) is 8.99. The molecule has 1 amide bonds. The van der Waals surface area contributed by atoms with E-state index >= 15 is 0 Å². The average Bonchev–Trinajstić information content (AvgIpc) is 3.22. The van der Waals surface area contributed by atoms with Crippen LogP contribution in [0.1, 0.15) is 51.0 Å². The first kappa shape index (κ1) is 24.3. The van der Waals surface area contributed by atoms with E-state index in [4.69, 9.17) is 10.5 Å². The standard InChI is InChI=1S/C28H33N5O2/c1-6-28(7-2,27(29)34)35-23-10-8-9-21(15-23)18(3)30-26-17-24(31-19(4)32-26)22-12-11-20-13-14-33(5)25(20)16-22/h8-18H,6-7H2,1-5H3,(H2,29,34)(H,30,31,32). The number of carbonyl (C=O) groups excluding carboxylic acids is 1. The molecule has 3 N–H and O–H groups in total. The van der Waals surface area contributed by atoms with Crippen LogP contribution in [-0.2, 0) is 11.8 Å². The summed E-state index contributed by atoms with van der Waals surface area (Å²) in [5.41, 5.74) is 8.72. The summed E-state index contributed by atoms with van der Waals surface area (Å²) in [6.07, 6.45) is 3.07. The van der Waals surface area contributed by atoms with Crippen molar-refractivity contribution < 1.29 is 9.53 Å². The number of primary amides is 1. The van der Waals surface area contributed by atoms with Gasteiger partial charge in [0, 0.05) is 30.4 Å². The number of hydrogen-bond donors (Lipinski definition) is 2. The van der Waals surface area contributed by atoms with E-state index in [1.54, 1.807) is 0 Å². The summed E-state index contributed by atoms with van der Waals surface area (Å²) < 4.78 is 8.21. The van der Waals surface area contributed by atoms with Crippen LogP contribution in [0, 0.1) is 6.92 Å². The van der Waals surface area contributed by atoms with E-state index in [0.717, 1.165) is 28.2 Å². The largest absolute Gasteiger partial charge is 0.477 e. The van der Waals surface area contributed by atoms with Crippen molar-refractivity contribution in [1.29, 1.82) is 0 Å². The molecule has 0 spiro atoms. The Labute approximate surface area is 206 Å². The second kappa shape index (κ2) is 9.78. The van der Waals surface area contributed by atoms with Crippen LogP contribution in [0.4, 0.5) is 5.82 Å². The zero-order chi connectivity index (χ0) is 25.2. The Bertz CT molecular complexity index is 1360. The molecule has 182 valence electrons. The topological polar surface area (TPSA) is 95.1 Å². The summed E-state index contributed by atoms with van der Waals surface area (Å²) in [6.45, 7) is 7.78. The number of ether oxygens (including phenoxy) is 1. The quantitative estimate of drug-likeness (QED) is 0.334. The number of aryl methyl sites for hydroxylation is 2. The average molecular weight is 472 g/mol. The molecule has 7 heteroatoms. The summed E-state index contributed by atoms with van der Waals surface area (Å²) in [4.78, 5) is 21.4. The number of nitrogens with two attached hydrogens (primary N) is 1. The van der Waals surface area contributed by atoms with Gasteiger partial charge in [0.1, 0.15) is 17.4 Å². The molecule has 1 unspecified atom stereocenters. The van der Waals surface area contributed by atoms with E-state index in [9.17, 15) is 4.79 Å². The van der Waals surface area contributed by atoms with Gasteiger partial charge in [-0.2, -0.15) is 0 Å². The number of fused-ring (bicyclic) bond motifs is 1. The molecule has 0 radical (unpaired) electrons. The van der Waals surface area contributed by atoms with Crippen LogP contribution in [-0.4, -0.2) is 26.0 Å². The third-order valence-electron chi connectivity index (χ3n) is 6.65. The highest BCUT2D eigenvalue weighted by Crippen LogP contribution is 2.29. The maximum Gasteiger partial charge on any atom is 0.261 e. The number of aromatic nitrogens is 3. The number of amides is 1. The van der Waals surface area contributed by atoms with Gasteiger partial charge in [0.05, 0.1) is 11.7 Å². The second-order valence-electron chi connectivity index (χ2n) is 8.99. The van der Waals surface area contributed by atoms with Gasteiger partial charge in [-0.3, -0.25) is 4.79 Å². The van der Waals surface area contributed by atoms with Gasteiger partial charge in [0.15, 0.2) is 5.60 Å². The van der Waals surface area contributed by atoms with Crippen molar-refractivity contribution in [3.05, 3.63) is 72.2 Å². The van der Waals surface area contributed by atoms with E-state index in [1.165, 1.54) is 5.39 Å². The van der Waals surface area contributed by atoms with E-state index < -0.39 is 11.5 Å². The summed E-state index contributed by atoms with van der Waals surface area (Å²) in [5, 5.41) is 4.69. The molecule has 2 aromatic carbocycles.